The molecule has 16 heavy (non-hydrogen) atoms. The van der Waals surface area contributed by atoms with E-state index in [1.807, 2.05) is 6.07 Å². The van der Waals surface area contributed by atoms with Crippen molar-refractivity contribution in [1.82, 2.24) is 5.16 Å². The van der Waals surface area contributed by atoms with Crippen molar-refractivity contribution < 1.29 is 19.2 Å². The van der Waals surface area contributed by atoms with Gasteiger partial charge in [-0.1, -0.05) is 35.5 Å². The van der Waals surface area contributed by atoms with Gasteiger partial charge in [0.05, 0.1) is 0 Å². The first-order valence-electron chi connectivity index (χ1n) is 4.48. The highest BCUT2D eigenvalue weighted by molar-refractivity contribution is 6.39. The first-order chi connectivity index (χ1) is 7.68. The lowest BCUT2D eigenvalue weighted by Crippen LogP contribution is -2.12. The molecule has 1 heterocycles. The predicted molar refractivity (Wildman–Crippen MR) is 53.9 cm³/mol. The largest absolute Gasteiger partial charge is 0.475 e. The number of ketones is 1. The van der Waals surface area contributed by atoms with E-state index in [2.05, 4.69) is 5.16 Å². The quantitative estimate of drug-likeness (QED) is 0.624. The van der Waals surface area contributed by atoms with Crippen LogP contribution in [0.4, 0.5) is 0 Å². The third-order valence-corrected chi connectivity index (χ3v) is 2.00. The van der Waals surface area contributed by atoms with Gasteiger partial charge in [0.15, 0.2) is 11.5 Å². The second-order valence-corrected chi connectivity index (χ2v) is 3.08. The molecule has 0 aliphatic carbocycles. The molecule has 0 fully saturated rings. The maximum absolute atomic E-state index is 11.1. The number of carboxylic acids is 1. The van der Waals surface area contributed by atoms with Gasteiger partial charge in [-0.15, -0.1) is 0 Å². The fourth-order valence-electron chi connectivity index (χ4n) is 1.23. The summed E-state index contributed by atoms with van der Waals surface area (Å²) in [6.07, 6.45) is 0. The average molecular weight is 217 g/mol. The Morgan fingerprint density at radius 3 is 2.50 bits per heavy atom. The van der Waals surface area contributed by atoms with Crippen molar-refractivity contribution in [3.8, 4) is 11.3 Å². The van der Waals surface area contributed by atoms with Crippen LogP contribution in [0, 0.1) is 0 Å². The number of carboxylic acid groups (broad SMARTS) is 1. The van der Waals surface area contributed by atoms with Gasteiger partial charge in [-0.3, -0.25) is 4.79 Å². The fraction of sp³-hybridized carbons (Fsp3) is 0. The minimum Gasteiger partial charge on any atom is -0.475 e. The van der Waals surface area contributed by atoms with Crippen LogP contribution in [0.2, 0.25) is 0 Å². The van der Waals surface area contributed by atoms with Crippen molar-refractivity contribution in [3.05, 3.63) is 42.1 Å². The Balaban J connectivity index is 2.34. The number of hydrogen-bond donors (Lipinski definition) is 1. The number of rotatable bonds is 3. The lowest BCUT2D eigenvalue weighted by atomic mass is 10.1. The predicted octanol–water partition coefficient (Wildman–Crippen LogP) is 1.61. The van der Waals surface area contributed by atoms with Gasteiger partial charge in [-0.2, -0.15) is 0 Å². The minimum atomic E-state index is -1.55. The Kier molecular flexibility index (Phi) is 2.51. The summed E-state index contributed by atoms with van der Waals surface area (Å²) in [6.45, 7) is 0. The first-order valence-corrected chi connectivity index (χ1v) is 4.48. The summed E-state index contributed by atoms with van der Waals surface area (Å²) in [6, 6.07) is 10.3. The van der Waals surface area contributed by atoms with Crippen molar-refractivity contribution in [2.45, 2.75) is 0 Å². The number of aliphatic carboxylic acids is 1. The zero-order valence-electron chi connectivity index (χ0n) is 8.08. The average Bonchev–Trinajstić information content (AvgIpc) is 2.78. The highest BCUT2D eigenvalue weighted by Crippen LogP contribution is 2.19. The van der Waals surface area contributed by atoms with Gasteiger partial charge in [0, 0.05) is 11.6 Å². The van der Waals surface area contributed by atoms with Crippen LogP contribution < -0.4 is 0 Å². The monoisotopic (exact) mass is 217 g/mol. The number of nitrogens with zero attached hydrogens (tertiary/aromatic N) is 1. The zero-order chi connectivity index (χ0) is 11.5. The molecule has 0 bridgehead atoms. The maximum atomic E-state index is 11.1. The van der Waals surface area contributed by atoms with Crippen LogP contribution >= 0.6 is 0 Å². The van der Waals surface area contributed by atoms with E-state index in [1.165, 1.54) is 6.07 Å². The van der Waals surface area contributed by atoms with Gasteiger partial charge in [0.25, 0.3) is 5.78 Å². The summed E-state index contributed by atoms with van der Waals surface area (Å²) < 4.78 is 4.89. The summed E-state index contributed by atoms with van der Waals surface area (Å²) in [5.41, 5.74) is 0.533. The first kappa shape index (κ1) is 10.1. The van der Waals surface area contributed by atoms with E-state index < -0.39 is 11.8 Å². The molecule has 0 unspecified atom stereocenters. The smallest absolute Gasteiger partial charge is 0.379 e. The molecule has 0 saturated carbocycles. The Labute approximate surface area is 90.3 Å². The number of benzene rings is 1. The number of carbonyl (C=O) groups excluding carboxylic acids is 1. The van der Waals surface area contributed by atoms with Crippen molar-refractivity contribution in [1.29, 1.82) is 0 Å². The molecule has 0 amide bonds. The van der Waals surface area contributed by atoms with Gasteiger partial charge >= 0.3 is 5.97 Å². The molecule has 2 rings (SSSR count). The van der Waals surface area contributed by atoms with E-state index in [-0.39, 0.29) is 5.69 Å². The normalized spacial score (nSPS) is 10.0. The van der Waals surface area contributed by atoms with Crippen LogP contribution in [0.15, 0.2) is 40.9 Å². The van der Waals surface area contributed by atoms with Crippen LogP contribution in [0.25, 0.3) is 11.3 Å². The van der Waals surface area contributed by atoms with Crippen molar-refractivity contribution in [2.75, 3.05) is 0 Å². The fourth-order valence-corrected chi connectivity index (χ4v) is 1.23. The van der Waals surface area contributed by atoms with Crippen LogP contribution in [0.1, 0.15) is 10.5 Å². The van der Waals surface area contributed by atoms with Crippen molar-refractivity contribution in [2.24, 2.45) is 0 Å². The van der Waals surface area contributed by atoms with E-state index in [9.17, 15) is 9.59 Å². The van der Waals surface area contributed by atoms with Gasteiger partial charge in [0.1, 0.15) is 0 Å². The molecule has 2 aromatic rings. The topological polar surface area (TPSA) is 80.4 Å². The van der Waals surface area contributed by atoms with E-state index in [4.69, 9.17) is 9.63 Å². The zero-order valence-corrected chi connectivity index (χ0v) is 8.08. The molecule has 5 heteroatoms. The summed E-state index contributed by atoms with van der Waals surface area (Å²) in [5, 5.41) is 11.9. The van der Waals surface area contributed by atoms with Crippen LogP contribution in [-0.4, -0.2) is 22.0 Å². The SMILES string of the molecule is O=C(O)C(=O)c1cc(-c2ccccc2)on1. The molecule has 80 valence electrons. The number of Topliss-reactive ketones (excluding diaryl/α,β-unsaturated/α-hetero) is 1. The molecule has 1 aromatic heterocycles. The molecular formula is C11H7NO4. The van der Waals surface area contributed by atoms with E-state index in [1.54, 1.807) is 24.3 Å². The molecule has 1 N–H and O–H groups in total. The molecule has 0 radical (unpaired) electrons. The summed E-state index contributed by atoms with van der Waals surface area (Å²) in [7, 11) is 0. The summed E-state index contributed by atoms with van der Waals surface area (Å²) >= 11 is 0. The summed E-state index contributed by atoms with van der Waals surface area (Å²) in [5.74, 6) is -2.26. The third-order valence-electron chi connectivity index (χ3n) is 2.00. The highest BCUT2D eigenvalue weighted by atomic mass is 16.5. The molecule has 0 aliphatic heterocycles. The van der Waals surface area contributed by atoms with Gasteiger partial charge in [0.2, 0.25) is 0 Å². The molecule has 5 nitrogen and oxygen atoms in total. The highest BCUT2D eigenvalue weighted by Gasteiger charge is 2.19. The number of hydrogen-bond acceptors (Lipinski definition) is 4. The van der Waals surface area contributed by atoms with Crippen molar-refractivity contribution in [3.63, 3.8) is 0 Å². The van der Waals surface area contributed by atoms with Crippen molar-refractivity contribution >= 4 is 11.8 Å². The van der Waals surface area contributed by atoms with Crippen LogP contribution in [0.3, 0.4) is 0 Å². The van der Waals surface area contributed by atoms with E-state index >= 15 is 0 Å². The minimum absolute atomic E-state index is 0.202. The van der Waals surface area contributed by atoms with Gasteiger partial charge in [-0.25, -0.2) is 4.79 Å². The van der Waals surface area contributed by atoms with Gasteiger partial charge < -0.3 is 9.63 Å². The number of carbonyl (C=O) groups is 2. The lowest BCUT2D eigenvalue weighted by molar-refractivity contribution is -0.131. The third kappa shape index (κ3) is 1.83. The Bertz CT molecular complexity index is 530. The molecular weight excluding hydrogens is 210 g/mol. The van der Waals surface area contributed by atoms with Gasteiger partial charge in [-0.05, 0) is 0 Å². The Morgan fingerprint density at radius 2 is 1.88 bits per heavy atom. The second-order valence-electron chi connectivity index (χ2n) is 3.08. The maximum Gasteiger partial charge on any atom is 0.379 e. The Morgan fingerprint density at radius 1 is 1.19 bits per heavy atom. The molecule has 0 spiro atoms. The molecule has 0 aliphatic rings. The Hall–Kier alpha value is -2.43. The standard InChI is InChI=1S/C11H7NO4/c13-10(11(14)15)8-6-9(16-12-8)7-4-2-1-3-5-7/h1-6H,(H,14,15). The van der Waals surface area contributed by atoms with Crippen LogP contribution in [-0.2, 0) is 4.79 Å². The molecule has 1 aromatic carbocycles. The van der Waals surface area contributed by atoms with Crippen LogP contribution in [0.5, 0.6) is 0 Å². The second kappa shape index (κ2) is 3.98. The number of aromatic nitrogens is 1. The molecule has 0 saturated heterocycles. The lowest BCUT2D eigenvalue weighted by Gasteiger charge is -1.91. The van der Waals surface area contributed by atoms with E-state index in [0.29, 0.717) is 5.76 Å². The van der Waals surface area contributed by atoms with E-state index in [0.717, 1.165) is 5.56 Å². The molecule has 0 atom stereocenters. The summed E-state index contributed by atoms with van der Waals surface area (Å²) in [4.78, 5) is 21.5.